The first-order chi connectivity index (χ1) is 11.7. The van der Waals surface area contributed by atoms with Crippen LogP contribution in [0.1, 0.15) is 18.1 Å². The largest absolute Gasteiger partial charge is 0.494 e. The number of benzene rings is 1. The van der Waals surface area contributed by atoms with E-state index >= 15 is 0 Å². The molecule has 1 aromatic rings. The molecule has 1 fully saturated rings. The van der Waals surface area contributed by atoms with Crippen LogP contribution in [0.4, 0.5) is 0 Å². The Bertz CT molecular complexity index is 581. The first-order valence-electron chi connectivity index (χ1n) is 8.21. The molecule has 0 aliphatic carbocycles. The summed E-state index contributed by atoms with van der Waals surface area (Å²) in [5, 5.41) is 4.03. The molecular weight excluding hydrogens is 306 g/mol. The average molecular weight is 331 g/mol. The monoisotopic (exact) mass is 331 g/mol. The fourth-order valence-corrected chi connectivity index (χ4v) is 2.47. The molecule has 1 aliphatic heterocycles. The molecule has 1 amide bonds. The van der Waals surface area contributed by atoms with E-state index in [0.717, 1.165) is 36.4 Å². The molecule has 130 valence electrons. The summed E-state index contributed by atoms with van der Waals surface area (Å²) in [7, 11) is 0. The van der Waals surface area contributed by atoms with Gasteiger partial charge in [0.2, 0.25) is 0 Å². The first kappa shape index (κ1) is 18.2. The molecular formula is C18H25N3O3. The van der Waals surface area contributed by atoms with Crippen LogP contribution in [-0.2, 0) is 16.0 Å². The summed E-state index contributed by atoms with van der Waals surface area (Å²) < 4.78 is 10.9. The lowest BCUT2D eigenvalue weighted by atomic mass is 10.1. The number of hydrazone groups is 1. The minimum atomic E-state index is -0.120. The molecule has 2 rings (SSSR count). The quantitative estimate of drug-likeness (QED) is 0.446. The second-order valence-electron chi connectivity index (χ2n) is 5.47. The summed E-state index contributed by atoms with van der Waals surface area (Å²) in [6.07, 6.45) is 4.20. The molecule has 1 aromatic carbocycles. The van der Waals surface area contributed by atoms with Crippen molar-refractivity contribution in [2.45, 2.75) is 13.3 Å². The normalized spacial score (nSPS) is 15.4. The number of amides is 1. The van der Waals surface area contributed by atoms with Crippen LogP contribution in [0, 0.1) is 0 Å². The minimum absolute atomic E-state index is 0.120. The molecule has 1 heterocycles. The van der Waals surface area contributed by atoms with E-state index in [9.17, 15) is 4.79 Å². The molecule has 0 spiro atoms. The third-order valence-electron chi connectivity index (χ3n) is 3.62. The molecule has 24 heavy (non-hydrogen) atoms. The third-order valence-corrected chi connectivity index (χ3v) is 3.62. The first-order valence-corrected chi connectivity index (χ1v) is 8.21. The number of morpholine rings is 1. The van der Waals surface area contributed by atoms with Gasteiger partial charge in [-0.2, -0.15) is 5.10 Å². The van der Waals surface area contributed by atoms with E-state index in [1.807, 2.05) is 36.1 Å². The van der Waals surface area contributed by atoms with Gasteiger partial charge < -0.3 is 9.47 Å². The number of carbonyl (C=O) groups is 1. The lowest BCUT2D eigenvalue weighted by Crippen LogP contribution is -2.42. The zero-order valence-electron chi connectivity index (χ0n) is 14.2. The van der Waals surface area contributed by atoms with Gasteiger partial charge in [-0.15, -0.1) is 6.58 Å². The van der Waals surface area contributed by atoms with Crippen LogP contribution in [0.15, 0.2) is 36.0 Å². The van der Waals surface area contributed by atoms with Gasteiger partial charge in [0.05, 0.1) is 32.6 Å². The highest BCUT2D eigenvalue weighted by Crippen LogP contribution is 2.20. The van der Waals surface area contributed by atoms with Crippen molar-refractivity contribution < 1.29 is 14.3 Å². The Balaban J connectivity index is 1.89. The van der Waals surface area contributed by atoms with Gasteiger partial charge in [-0.3, -0.25) is 9.69 Å². The molecule has 0 saturated carbocycles. The maximum atomic E-state index is 11.9. The Morgan fingerprint density at radius 3 is 2.96 bits per heavy atom. The van der Waals surface area contributed by atoms with Crippen molar-refractivity contribution in [1.29, 1.82) is 0 Å². The average Bonchev–Trinajstić information content (AvgIpc) is 2.58. The molecule has 0 bridgehead atoms. The van der Waals surface area contributed by atoms with Crippen molar-refractivity contribution in [2.24, 2.45) is 5.10 Å². The highest BCUT2D eigenvalue weighted by atomic mass is 16.5. The van der Waals surface area contributed by atoms with Crippen LogP contribution in [0.3, 0.4) is 0 Å². The van der Waals surface area contributed by atoms with Gasteiger partial charge in [0, 0.05) is 13.1 Å². The minimum Gasteiger partial charge on any atom is -0.494 e. The molecule has 0 aromatic heterocycles. The standard InChI is InChI=1S/C18H25N3O3/c1-3-5-16-12-15(6-7-17(16)24-4-2)13-19-20-18(22)14-21-8-10-23-11-9-21/h3,6-7,12-13H,1,4-5,8-11,14H2,2H3,(H,20,22)/b19-13+. The zero-order chi connectivity index (χ0) is 17.2. The number of ether oxygens (including phenoxy) is 2. The number of hydrogen-bond acceptors (Lipinski definition) is 5. The Hall–Kier alpha value is -2.18. The smallest absolute Gasteiger partial charge is 0.254 e. The van der Waals surface area contributed by atoms with Crippen molar-refractivity contribution in [1.82, 2.24) is 10.3 Å². The third kappa shape index (κ3) is 5.79. The Labute approximate surface area is 143 Å². The SMILES string of the molecule is C=CCc1cc(/C=N/NC(=O)CN2CCOCC2)ccc1OCC. The highest BCUT2D eigenvalue weighted by Gasteiger charge is 2.13. The van der Waals surface area contributed by atoms with E-state index in [4.69, 9.17) is 9.47 Å². The van der Waals surface area contributed by atoms with Gasteiger partial charge in [0.25, 0.3) is 5.91 Å². The summed E-state index contributed by atoms with van der Waals surface area (Å²) in [5.41, 5.74) is 4.52. The van der Waals surface area contributed by atoms with Crippen molar-refractivity contribution in [3.8, 4) is 5.75 Å². The van der Waals surface area contributed by atoms with Gasteiger partial charge in [0.1, 0.15) is 5.75 Å². The van der Waals surface area contributed by atoms with Gasteiger partial charge in [0.15, 0.2) is 0 Å². The second kappa shape index (κ2) is 9.85. The second-order valence-corrected chi connectivity index (χ2v) is 5.47. The topological polar surface area (TPSA) is 63.2 Å². The van der Waals surface area contributed by atoms with Crippen LogP contribution in [0.5, 0.6) is 5.75 Å². The fourth-order valence-electron chi connectivity index (χ4n) is 2.47. The van der Waals surface area contributed by atoms with E-state index in [1.54, 1.807) is 6.21 Å². The maximum Gasteiger partial charge on any atom is 0.254 e. The molecule has 1 aliphatic rings. The van der Waals surface area contributed by atoms with Crippen molar-refractivity contribution in [3.63, 3.8) is 0 Å². The van der Waals surface area contributed by atoms with Gasteiger partial charge in [-0.05, 0) is 42.7 Å². The van der Waals surface area contributed by atoms with Crippen LogP contribution in [0.25, 0.3) is 0 Å². The number of allylic oxidation sites excluding steroid dienone is 1. The molecule has 6 nitrogen and oxygen atoms in total. The fraction of sp³-hybridized carbons (Fsp3) is 0.444. The highest BCUT2D eigenvalue weighted by molar-refractivity contribution is 5.83. The van der Waals surface area contributed by atoms with E-state index in [-0.39, 0.29) is 5.91 Å². The molecule has 0 atom stereocenters. The number of rotatable bonds is 8. The maximum absolute atomic E-state index is 11.9. The predicted octanol–water partition coefficient (Wildman–Crippen LogP) is 1.60. The zero-order valence-corrected chi connectivity index (χ0v) is 14.2. The Kier molecular flexibility index (Phi) is 7.45. The van der Waals surface area contributed by atoms with Crippen LogP contribution < -0.4 is 10.2 Å². The number of nitrogens with zero attached hydrogens (tertiary/aromatic N) is 2. The Morgan fingerprint density at radius 2 is 2.25 bits per heavy atom. The molecule has 0 unspecified atom stereocenters. The van der Waals surface area contributed by atoms with Crippen molar-refractivity contribution >= 4 is 12.1 Å². The van der Waals surface area contributed by atoms with E-state index in [1.165, 1.54) is 0 Å². The predicted molar refractivity (Wildman–Crippen MR) is 94.5 cm³/mol. The van der Waals surface area contributed by atoms with Crippen LogP contribution in [-0.4, -0.2) is 56.5 Å². The lowest BCUT2D eigenvalue weighted by Gasteiger charge is -2.25. The summed E-state index contributed by atoms with van der Waals surface area (Å²) in [6.45, 7) is 9.59. The number of hydrogen-bond donors (Lipinski definition) is 1. The Morgan fingerprint density at radius 1 is 1.46 bits per heavy atom. The van der Waals surface area contributed by atoms with Crippen molar-refractivity contribution in [2.75, 3.05) is 39.5 Å². The molecule has 6 heteroatoms. The van der Waals surface area contributed by atoms with Gasteiger partial charge >= 0.3 is 0 Å². The number of nitrogens with one attached hydrogen (secondary N) is 1. The summed E-state index contributed by atoms with van der Waals surface area (Å²) in [6, 6.07) is 5.82. The van der Waals surface area contributed by atoms with Crippen molar-refractivity contribution in [3.05, 3.63) is 42.0 Å². The van der Waals surface area contributed by atoms with E-state index < -0.39 is 0 Å². The van der Waals surface area contributed by atoms with Crippen LogP contribution >= 0.6 is 0 Å². The summed E-state index contributed by atoms with van der Waals surface area (Å²) >= 11 is 0. The molecule has 1 N–H and O–H groups in total. The van der Waals surface area contributed by atoms with E-state index in [2.05, 4.69) is 17.1 Å². The summed E-state index contributed by atoms with van der Waals surface area (Å²) in [5.74, 6) is 0.733. The van der Waals surface area contributed by atoms with Gasteiger partial charge in [-0.25, -0.2) is 5.43 Å². The summed E-state index contributed by atoms with van der Waals surface area (Å²) in [4.78, 5) is 13.9. The molecule has 0 radical (unpaired) electrons. The van der Waals surface area contributed by atoms with Crippen LogP contribution in [0.2, 0.25) is 0 Å². The van der Waals surface area contributed by atoms with Gasteiger partial charge in [-0.1, -0.05) is 6.08 Å². The lowest BCUT2D eigenvalue weighted by molar-refractivity contribution is -0.123. The molecule has 1 saturated heterocycles. The van der Waals surface area contributed by atoms with E-state index in [0.29, 0.717) is 26.4 Å². The number of carbonyl (C=O) groups excluding carboxylic acids is 1.